The Hall–Kier alpha value is -2.78. The number of sulfonamides is 1. The summed E-state index contributed by atoms with van der Waals surface area (Å²) >= 11 is 0. The Kier molecular flexibility index (Phi) is 6.84. The van der Waals surface area contributed by atoms with Gasteiger partial charge in [-0.15, -0.1) is 0 Å². The molecule has 3 rings (SSSR count). The largest absolute Gasteiger partial charge is 0.508 e. The van der Waals surface area contributed by atoms with E-state index in [0.29, 0.717) is 31.2 Å². The number of piperazine rings is 1. The zero-order valence-corrected chi connectivity index (χ0v) is 17.8. The van der Waals surface area contributed by atoms with Crippen molar-refractivity contribution in [3.8, 4) is 17.2 Å². The third kappa shape index (κ3) is 5.03. The summed E-state index contributed by atoms with van der Waals surface area (Å²) in [6, 6.07) is 12.5. The van der Waals surface area contributed by atoms with Gasteiger partial charge >= 0.3 is 0 Å². The normalized spacial score (nSPS) is 16.1. The molecule has 0 bridgehead atoms. The van der Waals surface area contributed by atoms with Gasteiger partial charge in [-0.25, -0.2) is 8.42 Å². The number of phenolic OH excluding ortho intramolecular Hbond substituents is 1. The molecule has 1 amide bonds. The molecule has 1 aliphatic rings. The van der Waals surface area contributed by atoms with Crippen LogP contribution in [0, 0.1) is 0 Å². The zero-order chi connectivity index (χ0) is 21.7. The molecule has 0 aliphatic carbocycles. The first-order valence-corrected chi connectivity index (χ1v) is 11.2. The number of amides is 1. The molecule has 0 aromatic heterocycles. The van der Waals surface area contributed by atoms with Crippen molar-refractivity contribution in [1.29, 1.82) is 0 Å². The van der Waals surface area contributed by atoms with E-state index in [-0.39, 0.29) is 29.6 Å². The number of carbonyl (C=O) groups is 1. The predicted molar refractivity (Wildman–Crippen MR) is 111 cm³/mol. The van der Waals surface area contributed by atoms with Crippen molar-refractivity contribution < 1.29 is 27.8 Å². The monoisotopic (exact) mass is 434 g/mol. The maximum Gasteiger partial charge on any atom is 0.263 e. The Balaban J connectivity index is 1.57. The second-order valence-electron chi connectivity index (χ2n) is 6.89. The molecule has 30 heavy (non-hydrogen) atoms. The molecular formula is C21H26N2O6S. The van der Waals surface area contributed by atoms with Gasteiger partial charge in [-0.1, -0.05) is 0 Å². The summed E-state index contributed by atoms with van der Waals surface area (Å²) in [7, 11) is -3.63. The van der Waals surface area contributed by atoms with E-state index in [0.717, 1.165) is 0 Å². The molecule has 0 saturated carbocycles. The summed E-state index contributed by atoms with van der Waals surface area (Å²) in [5.74, 6) is 1.01. The smallest absolute Gasteiger partial charge is 0.263 e. The van der Waals surface area contributed by atoms with Crippen molar-refractivity contribution in [3.63, 3.8) is 0 Å². The van der Waals surface area contributed by atoms with Gasteiger partial charge in [-0.05, 0) is 62.4 Å². The van der Waals surface area contributed by atoms with Crippen molar-refractivity contribution >= 4 is 15.9 Å². The van der Waals surface area contributed by atoms with Crippen LogP contribution in [0.5, 0.6) is 17.2 Å². The number of phenols is 1. The highest BCUT2D eigenvalue weighted by atomic mass is 32.2. The van der Waals surface area contributed by atoms with E-state index in [2.05, 4.69) is 0 Å². The fourth-order valence-electron chi connectivity index (χ4n) is 3.21. The van der Waals surface area contributed by atoms with Crippen LogP contribution in [0.15, 0.2) is 53.4 Å². The van der Waals surface area contributed by atoms with E-state index in [1.807, 2.05) is 6.92 Å². The molecule has 1 N–H and O–H groups in total. The van der Waals surface area contributed by atoms with Crippen LogP contribution in [0.25, 0.3) is 0 Å². The summed E-state index contributed by atoms with van der Waals surface area (Å²) in [5, 5.41) is 9.32. The van der Waals surface area contributed by atoms with Crippen molar-refractivity contribution in [2.24, 2.45) is 0 Å². The maximum atomic E-state index is 12.9. The molecule has 1 fully saturated rings. The topological polar surface area (TPSA) is 96.4 Å². The van der Waals surface area contributed by atoms with Crippen molar-refractivity contribution in [2.75, 3.05) is 32.8 Å². The van der Waals surface area contributed by atoms with Gasteiger partial charge in [0, 0.05) is 26.2 Å². The number of nitrogens with zero attached hydrogens (tertiary/aromatic N) is 2. The van der Waals surface area contributed by atoms with Crippen LogP contribution < -0.4 is 9.47 Å². The van der Waals surface area contributed by atoms with Gasteiger partial charge in [0.25, 0.3) is 5.91 Å². The van der Waals surface area contributed by atoms with Crippen LogP contribution >= 0.6 is 0 Å². The average molecular weight is 435 g/mol. The Morgan fingerprint density at radius 2 is 1.57 bits per heavy atom. The van der Waals surface area contributed by atoms with Crippen molar-refractivity contribution in [2.45, 2.75) is 24.8 Å². The first kappa shape index (κ1) is 21.9. The fraction of sp³-hybridized carbons (Fsp3) is 0.381. The number of rotatable bonds is 7. The fourth-order valence-corrected chi connectivity index (χ4v) is 4.63. The van der Waals surface area contributed by atoms with Crippen LogP contribution in [-0.2, 0) is 14.8 Å². The molecule has 1 atom stereocenters. The highest BCUT2D eigenvalue weighted by Crippen LogP contribution is 2.22. The van der Waals surface area contributed by atoms with Crippen LogP contribution in [0.4, 0.5) is 0 Å². The van der Waals surface area contributed by atoms with Gasteiger partial charge in [-0.3, -0.25) is 4.79 Å². The molecule has 1 aliphatic heterocycles. The molecule has 0 radical (unpaired) electrons. The van der Waals surface area contributed by atoms with Gasteiger partial charge in [0.1, 0.15) is 17.2 Å². The summed E-state index contributed by atoms with van der Waals surface area (Å²) in [6.07, 6.45) is -0.719. The molecule has 1 heterocycles. The standard InChI is InChI=1S/C21H26N2O6S/c1-3-28-18-8-10-20(11-9-18)30(26,27)23-14-12-22(13-15-23)21(25)16(2)29-19-6-4-17(24)5-7-19/h4-11,16,24H,3,12-15H2,1-2H3. The quantitative estimate of drug-likeness (QED) is 0.717. The first-order chi connectivity index (χ1) is 14.3. The molecular weight excluding hydrogens is 408 g/mol. The minimum absolute atomic E-state index is 0.117. The van der Waals surface area contributed by atoms with Gasteiger partial charge in [0.2, 0.25) is 10.0 Å². The SMILES string of the molecule is CCOc1ccc(S(=O)(=O)N2CCN(C(=O)C(C)Oc3ccc(O)cc3)CC2)cc1. The number of benzene rings is 2. The molecule has 9 heteroatoms. The minimum atomic E-state index is -3.63. The van der Waals surface area contributed by atoms with E-state index >= 15 is 0 Å². The van der Waals surface area contributed by atoms with Crippen molar-refractivity contribution in [3.05, 3.63) is 48.5 Å². The van der Waals surface area contributed by atoms with Crippen LogP contribution in [0.1, 0.15) is 13.8 Å². The Bertz CT molecular complexity index is 952. The second kappa shape index (κ2) is 9.36. The van der Waals surface area contributed by atoms with E-state index in [4.69, 9.17) is 9.47 Å². The Morgan fingerprint density at radius 3 is 2.13 bits per heavy atom. The second-order valence-corrected chi connectivity index (χ2v) is 8.83. The lowest BCUT2D eigenvalue weighted by atomic mass is 10.2. The number of hydrogen-bond acceptors (Lipinski definition) is 6. The Labute approximate surface area is 176 Å². The number of hydrogen-bond donors (Lipinski definition) is 1. The lowest BCUT2D eigenvalue weighted by Crippen LogP contribution is -2.53. The molecule has 1 unspecified atom stereocenters. The molecule has 0 spiro atoms. The van der Waals surface area contributed by atoms with Gasteiger partial charge in [0.05, 0.1) is 11.5 Å². The lowest BCUT2D eigenvalue weighted by molar-refractivity contribution is -0.139. The number of aromatic hydroxyl groups is 1. The van der Waals surface area contributed by atoms with E-state index in [1.165, 1.54) is 28.6 Å². The van der Waals surface area contributed by atoms with E-state index in [1.54, 1.807) is 36.1 Å². The van der Waals surface area contributed by atoms with Crippen LogP contribution in [-0.4, -0.2) is 67.5 Å². The summed E-state index contributed by atoms with van der Waals surface area (Å²) in [6.45, 7) is 5.04. The number of ether oxygens (including phenoxy) is 2. The summed E-state index contributed by atoms with van der Waals surface area (Å²) < 4.78 is 38.1. The zero-order valence-electron chi connectivity index (χ0n) is 17.0. The molecule has 2 aromatic carbocycles. The van der Waals surface area contributed by atoms with E-state index in [9.17, 15) is 18.3 Å². The third-order valence-corrected chi connectivity index (χ3v) is 6.73. The van der Waals surface area contributed by atoms with Crippen LogP contribution in [0.3, 0.4) is 0 Å². The van der Waals surface area contributed by atoms with E-state index < -0.39 is 16.1 Å². The van der Waals surface area contributed by atoms with Crippen LogP contribution in [0.2, 0.25) is 0 Å². The molecule has 1 saturated heterocycles. The lowest BCUT2D eigenvalue weighted by Gasteiger charge is -2.35. The third-order valence-electron chi connectivity index (χ3n) is 4.82. The highest BCUT2D eigenvalue weighted by molar-refractivity contribution is 7.89. The molecule has 2 aromatic rings. The van der Waals surface area contributed by atoms with Gasteiger partial charge in [-0.2, -0.15) is 4.31 Å². The maximum absolute atomic E-state index is 12.9. The predicted octanol–water partition coefficient (Wildman–Crippen LogP) is 2.09. The van der Waals surface area contributed by atoms with Crippen molar-refractivity contribution in [1.82, 2.24) is 9.21 Å². The summed E-state index contributed by atoms with van der Waals surface area (Å²) in [5.41, 5.74) is 0. The molecule has 8 nitrogen and oxygen atoms in total. The van der Waals surface area contributed by atoms with Gasteiger partial charge in [0.15, 0.2) is 6.10 Å². The molecule has 162 valence electrons. The van der Waals surface area contributed by atoms with Gasteiger partial charge < -0.3 is 19.5 Å². The highest BCUT2D eigenvalue weighted by Gasteiger charge is 2.32. The first-order valence-electron chi connectivity index (χ1n) is 9.78. The number of carbonyl (C=O) groups excluding carboxylic acids is 1. The minimum Gasteiger partial charge on any atom is -0.508 e. The Morgan fingerprint density at radius 1 is 1.00 bits per heavy atom. The summed E-state index contributed by atoms with van der Waals surface area (Å²) in [4.78, 5) is 14.5. The average Bonchev–Trinajstić information content (AvgIpc) is 2.75.